The summed E-state index contributed by atoms with van der Waals surface area (Å²) in [6, 6.07) is 0. The molecule has 1 atom stereocenters. The Morgan fingerprint density at radius 2 is 1.74 bits per heavy atom. The molecule has 3 heteroatoms. The number of nitrogens with two attached hydrogens (primary N) is 1. The number of aliphatic hydroxyl groups is 1. The highest BCUT2D eigenvalue weighted by molar-refractivity contribution is 4.89. The minimum atomic E-state index is -0.379. The van der Waals surface area contributed by atoms with Gasteiger partial charge in [0.25, 0.3) is 0 Å². The van der Waals surface area contributed by atoms with E-state index in [1.807, 2.05) is 6.92 Å². The third kappa shape index (κ3) is 4.44. The van der Waals surface area contributed by atoms with Crippen molar-refractivity contribution in [1.29, 1.82) is 0 Å². The molecule has 0 aromatic heterocycles. The first-order valence-corrected chi connectivity index (χ1v) is 8.17. The molecule has 1 saturated carbocycles. The average Bonchev–Trinajstić information content (AvgIpc) is 2.85. The first-order valence-electron chi connectivity index (χ1n) is 8.17. The Balaban J connectivity index is 1.58. The van der Waals surface area contributed by atoms with Crippen molar-refractivity contribution in [2.75, 3.05) is 26.2 Å². The van der Waals surface area contributed by atoms with Gasteiger partial charge in [0, 0.05) is 5.54 Å². The molecule has 0 aromatic rings. The summed E-state index contributed by atoms with van der Waals surface area (Å²) >= 11 is 0. The van der Waals surface area contributed by atoms with Crippen LogP contribution < -0.4 is 5.73 Å². The Morgan fingerprint density at radius 1 is 1.11 bits per heavy atom. The Hall–Kier alpha value is -0.120. The predicted octanol–water partition coefficient (Wildman–Crippen LogP) is 2.52. The molecule has 112 valence electrons. The molecule has 1 heterocycles. The molecule has 3 nitrogen and oxygen atoms in total. The molecule has 0 amide bonds. The summed E-state index contributed by atoms with van der Waals surface area (Å²) < 4.78 is 0. The summed E-state index contributed by atoms with van der Waals surface area (Å²) in [7, 11) is 0. The highest BCUT2D eigenvalue weighted by atomic mass is 16.3. The first kappa shape index (κ1) is 15.3. The van der Waals surface area contributed by atoms with Crippen LogP contribution >= 0.6 is 0 Å². The molecule has 1 aliphatic heterocycles. The van der Waals surface area contributed by atoms with Crippen molar-refractivity contribution in [3.63, 3.8) is 0 Å². The van der Waals surface area contributed by atoms with E-state index in [0.717, 1.165) is 18.3 Å². The molecule has 1 unspecified atom stereocenters. The SMILES string of the molecule is CC(N)(CO)CCCCN1CCC2(CCCC2)CC1. The van der Waals surface area contributed by atoms with Gasteiger partial charge in [0.05, 0.1) is 6.61 Å². The predicted molar refractivity (Wildman–Crippen MR) is 80.1 cm³/mol. The highest BCUT2D eigenvalue weighted by Crippen LogP contribution is 2.46. The van der Waals surface area contributed by atoms with Gasteiger partial charge in [-0.05, 0) is 70.5 Å². The molecular weight excluding hydrogens is 236 g/mol. The lowest BCUT2D eigenvalue weighted by Gasteiger charge is -2.39. The number of piperidine rings is 1. The van der Waals surface area contributed by atoms with Gasteiger partial charge >= 0.3 is 0 Å². The maximum Gasteiger partial charge on any atom is 0.0608 e. The van der Waals surface area contributed by atoms with Gasteiger partial charge in [0.2, 0.25) is 0 Å². The minimum absolute atomic E-state index is 0.0965. The van der Waals surface area contributed by atoms with Crippen molar-refractivity contribution in [3.05, 3.63) is 0 Å². The summed E-state index contributed by atoms with van der Waals surface area (Å²) in [5, 5.41) is 9.12. The van der Waals surface area contributed by atoms with Crippen LogP contribution in [0.2, 0.25) is 0 Å². The zero-order valence-corrected chi connectivity index (χ0v) is 12.7. The fourth-order valence-corrected chi connectivity index (χ4v) is 3.82. The van der Waals surface area contributed by atoms with E-state index in [-0.39, 0.29) is 12.1 Å². The number of hydrogen-bond acceptors (Lipinski definition) is 3. The van der Waals surface area contributed by atoms with Crippen LogP contribution in [0.3, 0.4) is 0 Å². The fraction of sp³-hybridized carbons (Fsp3) is 1.00. The molecule has 1 aliphatic carbocycles. The molecule has 19 heavy (non-hydrogen) atoms. The third-order valence-electron chi connectivity index (χ3n) is 5.41. The van der Waals surface area contributed by atoms with Crippen molar-refractivity contribution in [2.24, 2.45) is 11.1 Å². The number of aliphatic hydroxyl groups excluding tert-OH is 1. The normalized spacial score (nSPS) is 26.7. The van der Waals surface area contributed by atoms with Crippen LogP contribution in [-0.2, 0) is 0 Å². The molecule has 2 aliphatic rings. The van der Waals surface area contributed by atoms with Crippen LogP contribution in [0.4, 0.5) is 0 Å². The second-order valence-electron chi connectivity index (χ2n) is 7.32. The molecule has 1 saturated heterocycles. The number of nitrogens with zero attached hydrogens (tertiary/aromatic N) is 1. The molecule has 1 spiro atoms. The van der Waals surface area contributed by atoms with Crippen LogP contribution in [0, 0.1) is 5.41 Å². The third-order valence-corrected chi connectivity index (χ3v) is 5.41. The lowest BCUT2D eigenvalue weighted by Crippen LogP contribution is -2.41. The van der Waals surface area contributed by atoms with E-state index in [0.29, 0.717) is 0 Å². The maximum atomic E-state index is 9.12. The van der Waals surface area contributed by atoms with E-state index in [1.54, 1.807) is 0 Å². The van der Waals surface area contributed by atoms with Gasteiger partial charge in [-0.3, -0.25) is 0 Å². The number of likely N-dealkylation sites (tertiary alicyclic amines) is 1. The summed E-state index contributed by atoms with van der Waals surface area (Å²) in [4.78, 5) is 2.64. The Kier molecular flexibility index (Phi) is 5.27. The molecule has 2 fully saturated rings. The van der Waals surface area contributed by atoms with Crippen molar-refractivity contribution < 1.29 is 5.11 Å². The second kappa shape index (κ2) is 6.55. The number of unbranched alkanes of at least 4 members (excludes halogenated alkanes) is 1. The maximum absolute atomic E-state index is 9.12. The van der Waals surface area contributed by atoms with Crippen LogP contribution in [0.1, 0.15) is 64.7 Å². The van der Waals surface area contributed by atoms with E-state index in [4.69, 9.17) is 10.8 Å². The van der Waals surface area contributed by atoms with Crippen LogP contribution in [0.5, 0.6) is 0 Å². The van der Waals surface area contributed by atoms with Gasteiger partial charge in [-0.25, -0.2) is 0 Å². The molecule has 2 rings (SSSR count). The van der Waals surface area contributed by atoms with E-state index < -0.39 is 0 Å². The largest absolute Gasteiger partial charge is 0.394 e. The summed E-state index contributed by atoms with van der Waals surface area (Å²) in [6.07, 6.45) is 12.1. The van der Waals surface area contributed by atoms with Gasteiger partial charge in [0.1, 0.15) is 0 Å². The molecule has 0 bridgehead atoms. The molecular formula is C16H32N2O. The van der Waals surface area contributed by atoms with Gasteiger partial charge in [-0.15, -0.1) is 0 Å². The zero-order valence-electron chi connectivity index (χ0n) is 12.7. The Bertz CT molecular complexity index is 262. The lowest BCUT2D eigenvalue weighted by atomic mass is 9.77. The topological polar surface area (TPSA) is 49.5 Å². The van der Waals surface area contributed by atoms with Gasteiger partial charge in [0.15, 0.2) is 0 Å². The van der Waals surface area contributed by atoms with E-state index in [1.165, 1.54) is 64.6 Å². The van der Waals surface area contributed by atoms with Crippen molar-refractivity contribution >= 4 is 0 Å². The molecule has 3 N–H and O–H groups in total. The smallest absolute Gasteiger partial charge is 0.0608 e. The van der Waals surface area contributed by atoms with Crippen LogP contribution in [0.25, 0.3) is 0 Å². The summed E-state index contributed by atoms with van der Waals surface area (Å²) in [6.45, 7) is 5.87. The van der Waals surface area contributed by atoms with E-state index in [9.17, 15) is 0 Å². The van der Waals surface area contributed by atoms with Crippen molar-refractivity contribution in [1.82, 2.24) is 4.90 Å². The lowest BCUT2D eigenvalue weighted by molar-refractivity contribution is 0.106. The van der Waals surface area contributed by atoms with Gasteiger partial charge in [-0.1, -0.05) is 19.3 Å². The van der Waals surface area contributed by atoms with E-state index in [2.05, 4.69) is 4.90 Å². The molecule has 0 radical (unpaired) electrons. The fourth-order valence-electron chi connectivity index (χ4n) is 3.82. The standard InChI is InChI=1S/C16H32N2O/c1-15(17,14-19)6-4-5-11-18-12-9-16(10-13-18)7-2-3-8-16/h19H,2-14,17H2,1H3. The second-order valence-corrected chi connectivity index (χ2v) is 7.32. The molecule has 0 aromatic carbocycles. The minimum Gasteiger partial charge on any atom is -0.394 e. The van der Waals surface area contributed by atoms with Gasteiger partial charge in [-0.2, -0.15) is 0 Å². The first-order chi connectivity index (χ1) is 9.05. The summed E-state index contributed by atoms with van der Waals surface area (Å²) in [5.74, 6) is 0. The number of hydrogen-bond donors (Lipinski definition) is 2. The van der Waals surface area contributed by atoms with Crippen LogP contribution in [-0.4, -0.2) is 41.8 Å². The van der Waals surface area contributed by atoms with Crippen molar-refractivity contribution in [3.8, 4) is 0 Å². The summed E-state index contributed by atoms with van der Waals surface area (Å²) in [5.41, 5.74) is 6.31. The highest BCUT2D eigenvalue weighted by Gasteiger charge is 2.36. The Morgan fingerprint density at radius 3 is 2.32 bits per heavy atom. The van der Waals surface area contributed by atoms with Crippen molar-refractivity contribution in [2.45, 2.75) is 70.3 Å². The Labute approximate surface area is 118 Å². The quantitative estimate of drug-likeness (QED) is 0.728. The zero-order chi connectivity index (χ0) is 13.8. The number of rotatable bonds is 6. The monoisotopic (exact) mass is 268 g/mol. The van der Waals surface area contributed by atoms with Crippen LogP contribution in [0.15, 0.2) is 0 Å². The van der Waals surface area contributed by atoms with Gasteiger partial charge < -0.3 is 15.7 Å². The van der Waals surface area contributed by atoms with E-state index >= 15 is 0 Å². The average molecular weight is 268 g/mol.